The van der Waals surface area contributed by atoms with Crippen molar-refractivity contribution in [1.29, 1.82) is 0 Å². The molecule has 22 heavy (non-hydrogen) atoms. The predicted molar refractivity (Wildman–Crippen MR) is 84.9 cm³/mol. The molecule has 1 rings (SSSR count). The molecule has 3 nitrogen and oxygen atoms in total. The van der Waals surface area contributed by atoms with Crippen LogP contribution < -0.4 is 4.74 Å². The third kappa shape index (κ3) is 5.84. The summed E-state index contributed by atoms with van der Waals surface area (Å²) >= 11 is 0. The van der Waals surface area contributed by atoms with Gasteiger partial charge in [-0.25, -0.2) is 8.78 Å². The van der Waals surface area contributed by atoms with E-state index >= 15 is 0 Å². The van der Waals surface area contributed by atoms with Crippen molar-refractivity contribution in [2.45, 2.75) is 34.6 Å². The van der Waals surface area contributed by atoms with Crippen LogP contribution >= 0.6 is 0 Å². The Bertz CT molecular complexity index is 527. The highest BCUT2D eigenvalue weighted by Gasteiger charge is 2.12. The maximum atomic E-state index is 13.4. The zero-order chi connectivity index (χ0) is 17.3. The highest BCUT2D eigenvalue weighted by molar-refractivity contribution is 5.93. The third-order valence-electron chi connectivity index (χ3n) is 3.12. The van der Waals surface area contributed by atoms with Crippen molar-refractivity contribution in [1.82, 2.24) is 4.90 Å². The smallest absolute Gasteiger partial charge is 0.249 e. The number of benzene rings is 1. The van der Waals surface area contributed by atoms with Crippen molar-refractivity contribution in [2.24, 2.45) is 0 Å². The van der Waals surface area contributed by atoms with Crippen LogP contribution in [0.2, 0.25) is 0 Å². The number of carbonyl (C=O) groups excluding carboxylic acids is 1. The topological polar surface area (TPSA) is 29.5 Å². The van der Waals surface area contributed by atoms with E-state index in [-0.39, 0.29) is 18.3 Å². The Labute approximate surface area is 131 Å². The minimum absolute atomic E-state index is 0.0326. The average molecular weight is 313 g/mol. The number of hydrogen-bond donors (Lipinski definition) is 0. The van der Waals surface area contributed by atoms with Crippen molar-refractivity contribution < 1.29 is 18.3 Å². The number of hydrogen-bond acceptors (Lipinski definition) is 2. The number of nitrogens with zero attached hydrogens (tertiary/aromatic N) is 1. The Kier molecular flexibility index (Phi) is 9.06. The lowest BCUT2D eigenvalue weighted by atomic mass is 10.1. The zero-order valence-electron chi connectivity index (χ0n) is 14.2. The standard InChI is InChI=1S/C15H19F2NO2.C2H6/c1-5-18(4)15(19)11(3)10(2)9-20-14-7-6-12(16)8-13(14)17;1-2/h6-8H,5,9H2,1-4H3;1-2H3/b11-10-;. The molecule has 0 fully saturated rings. The second-order valence-electron chi connectivity index (χ2n) is 4.59. The molecule has 1 aromatic carbocycles. The molecule has 0 saturated heterocycles. The van der Waals surface area contributed by atoms with E-state index in [1.54, 1.807) is 25.8 Å². The highest BCUT2D eigenvalue weighted by Crippen LogP contribution is 2.19. The molecule has 1 aromatic rings. The first kappa shape index (κ1) is 20.1. The molecule has 0 unspecified atom stereocenters. The lowest BCUT2D eigenvalue weighted by molar-refractivity contribution is -0.125. The van der Waals surface area contributed by atoms with Gasteiger partial charge in [-0.2, -0.15) is 0 Å². The number of likely N-dealkylation sites (N-methyl/N-ethyl adjacent to an activating group) is 1. The molecule has 0 aromatic heterocycles. The molecule has 0 atom stereocenters. The van der Waals surface area contributed by atoms with Crippen molar-refractivity contribution in [2.75, 3.05) is 20.2 Å². The van der Waals surface area contributed by atoms with E-state index in [9.17, 15) is 13.6 Å². The van der Waals surface area contributed by atoms with Gasteiger partial charge in [0, 0.05) is 25.2 Å². The van der Waals surface area contributed by atoms with Gasteiger partial charge < -0.3 is 9.64 Å². The van der Waals surface area contributed by atoms with Crippen molar-refractivity contribution in [3.63, 3.8) is 0 Å². The summed E-state index contributed by atoms with van der Waals surface area (Å²) in [6, 6.07) is 3.12. The van der Waals surface area contributed by atoms with Crippen LogP contribution in [-0.2, 0) is 4.79 Å². The molecule has 0 heterocycles. The Balaban J connectivity index is 0.00000211. The summed E-state index contributed by atoms with van der Waals surface area (Å²) in [6.07, 6.45) is 0. The van der Waals surface area contributed by atoms with E-state index < -0.39 is 11.6 Å². The molecule has 0 spiro atoms. The molecule has 124 valence electrons. The first-order valence-electron chi connectivity index (χ1n) is 7.36. The fourth-order valence-corrected chi connectivity index (χ4v) is 1.50. The largest absolute Gasteiger partial charge is 0.486 e. The molecule has 0 radical (unpaired) electrons. The number of ether oxygens (including phenoxy) is 1. The fraction of sp³-hybridized carbons (Fsp3) is 0.471. The monoisotopic (exact) mass is 313 g/mol. The summed E-state index contributed by atoms with van der Waals surface area (Å²) in [7, 11) is 1.71. The molecular weight excluding hydrogens is 288 g/mol. The minimum atomic E-state index is -0.757. The van der Waals surface area contributed by atoms with Gasteiger partial charge >= 0.3 is 0 Å². The summed E-state index contributed by atoms with van der Waals surface area (Å²) in [5.41, 5.74) is 1.27. The quantitative estimate of drug-likeness (QED) is 0.763. The molecule has 1 amide bonds. The first-order chi connectivity index (χ1) is 10.4. The van der Waals surface area contributed by atoms with E-state index in [1.807, 2.05) is 20.8 Å². The molecule has 0 N–H and O–H groups in total. The van der Waals surface area contributed by atoms with Gasteiger partial charge in [0.25, 0.3) is 0 Å². The Morgan fingerprint density at radius 3 is 2.32 bits per heavy atom. The molecule has 0 aliphatic rings. The van der Waals surface area contributed by atoms with Gasteiger partial charge in [-0.1, -0.05) is 13.8 Å². The second kappa shape index (κ2) is 9.92. The maximum absolute atomic E-state index is 13.4. The SMILES string of the molecule is CC.CCN(C)C(=O)/C(C)=C(/C)COc1ccc(F)cc1F. The number of halogens is 2. The average Bonchev–Trinajstić information content (AvgIpc) is 2.53. The van der Waals surface area contributed by atoms with Gasteiger partial charge in [-0.15, -0.1) is 0 Å². The summed E-state index contributed by atoms with van der Waals surface area (Å²) in [6.45, 7) is 10.0. The van der Waals surface area contributed by atoms with Crippen LogP contribution in [0.15, 0.2) is 29.3 Å². The molecule has 0 bridgehead atoms. The molecule has 0 aliphatic heterocycles. The van der Waals surface area contributed by atoms with E-state index in [4.69, 9.17) is 4.74 Å². The lowest BCUT2D eigenvalue weighted by Crippen LogP contribution is -2.27. The van der Waals surface area contributed by atoms with E-state index in [2.05, 4.69) is 0 Å². The fourth-order valence-electron chi connectivity index (χ4n) is 1.50. The molecular formula is C17H25F2NO2. The van der Waals surface area contributed by atoms with E-state index in [0.29, 0.717) is 17.7 Å². The minimum Gasteiger partial charge on any atom is -0.486 e. The Morgan fingerprint density at radius 1 is 1.23 bits per heavy atom. The van der Waals surface area contributed by atoms with Crippen LogP contribution in [0.3, 0.4) is 0 Å². The molecule has 0 saturated carbocycles. The maximum Gasteiger partial charge on any atom is 0.249 e. The van der Waals surface area contributed by atoms with Crippen LogP contribution in [0.4, 0.5) is 8.78 Å². The van der Waals surface area contributed by atoms with Gasteiger partial charge in [0.2, 0.25) is 5.91 Å². The number of carbonyl (C=O) groups is 1. The first-order valence-corrected chi connectivity index (χ1v) is 7.36. The molecule has 5 heteroatoms. The Morgan fingerprint density at radius 2 is 1.82 bits per heavy atom. The van der Waals surface area contributed by atoms with Crippen LogP contribution in [-0.4, -0.2) is 31.0 Å². The van der Waals surface area contributed by atoms with Crippen LogP contribution in [0.5, 0.6) is 5.75 Å². The highest BCUT2D eigenvalue weighted by atomic mass is 19.1. The van der Waals surface area contributed by atoms with Crippen molar-refractivity contribution in [3.8, 4) is 5.75 Å². The summed E-state index contributed by atoms with van der Waals surface area (Å²) in [5.74, 6) is -1.53. The third-order valence-corrected chi connectivity index (χ3v) is 3.12. The summed E-state index contributed by atoms with van der Waals surface area (Å²) in [4.78, 5) is 13.5. The van der Waals surface area contributed by atoms with E-state index in [0.717, 1.165) is 12.1 Å². The Hall–Kier alpha value is -1.91. The van der Waals surface area contributed by atoms with Gasteiger partial charge in [0.15, 0.2) is 11.6 Å². The normalized spacial score (nSPS) is 11.1. The summed E-state index contributed by atoms with van der Waals surface area (Å²) < 4.78 is 31.4. The van der Waals surface area contributed by atoms with Gasteiger partial charge in [0.1, 0.15) is 12.4 Å². The zero-order valence-corrected chi connectivity index (χ0v) is 14.2. The summed E-state index contributed by atoms with van der Waals surface area (Å²) in [5, 5.41) is 0. The molecule has 0 aliphatic carbocycles. The van der Waals surface area contributed by atoms with Crippen LogP contribution in [0.1, 0.15) is 34.6 Å². The van der Waals surface area contributed by atoms with Gasteiger partial charge in [-0.3, -0.25) is 4.79 Å². The number of rotatable bonds is 5. The van der Waals surface area contributed by atoms with E-state index in [1.165, 1.54) is 6.07 Å². The second-order valence-corrected chi connectivity index (χ2v) is 4.59. The predicted octanol–water partition coefficient (Wildman–Crippen LogP) is 4.18. The van der Waals surface area contributed by atoms with Gasteiger partial charge in [-0.05, 0) is 38.5 Å². The van der Waals surface area contributed by atoms with Gasteiger partial charge in [0.05, 0.1) is 0 Å². The van der Waals surface area contributed by atoms with Crippen molar-refractivity contribution in [3.05, 3.63) is 41.0 Å². The van der Waals surface area contributed by atoms with Crippen molar-refractivity contribution >= 4 is 5.91 Å². The lowest BCUT2D eigenvalue weighted by Gasteiger charge is -2.17. The number of amides is 1. The van der Waals surface area contributed by atoms with Crippen LogP contribution in [0, 0.1) is 11.6 Å². The van der Waals surface area contributed by atoms with Crippen LogP contribution in [0.25, 0.3) is 0 Å².